The van der Waals surface area contributed by atoms with Crippen molar-refractivity contribution in [3.63, 3.8) is 0 Å². The molecule has 0 bridgehead atoms. The first-order valence-electron chi connectivity index (χ1n) is 9.46. The van der Waals surface area contributed by atoms with Gasteiger partial charge in [-0.3, -0.25) is 0 Å². The molecule has 0 amide bonds. The largest absolute Gasteiger partial charge is 0.487 e. The number of hydrogen-bond donors (Lipinski definition) is 0. The number of benzene rings is 3. The third kappa shape index (κ3) is 4.57. The maximum absolute atomic E-state index is 5.84. The Labute approximate surface area is 162 Å². The van der Waals surface area contributed by atoms with E-state index in [-0.39, 0.29) is 6.10 Å². The van der Waals surface area contributed by atoms with Crippen LogP contribution >= 0.6 is 0 Å². The van der Waals surface area contributed by atoms with E-state index in [0.29, 0.717) is 0 Å². The molecule has 0 saturated carbocycles. The van der Waals surface area contributed by atoms with E-state index in [1.807, 2.05) is 19.1 Å². The molecule has 3 aromatic carbocycles. The van der Waals surface area contributed by atoms with Gasteiger partial charge in [0.1, 0.15) is 11.9 Å². The van der Waals surface area contributed by atoms with Crippen LogP contribution in [-0.2, 0) is 0 Å². The monoisotopic (exact) mass is 354 g/mol. The lowest BCUT2D eigenvalue weighted by Gasteiger charge is -2.17. The molecule has 0 saturated heterocycles. The van der Waals surface area contributed by atoms with Crippen molar-refractivity contribution in [3.05, 3.63) is 114 Å². The van der Waals surface area contributed by atoms with Crippen LogP contribution in [0.25, 0.3) is 11.1 Å². The molecular formula is C26H26O. The average Bonchev–Trinajstić information content (AvgIpc) is 2.74. The molecule has 0 aliphatic heterocycles. The van der Waals surface area contributed by atoms with Gasteiger partial charge < -0.3 is 4.74 Å². The van der Waals surface area contributed by atoms with Crippen molar-refractivity contribution in [1.29, 1.82) is 0 Å². The quantitative estimate of drug-likeness (QED) is 0.327. The molecule has 0 aromatic heterocycles. The van der Waals surface area contributed by atoms with E-state index in [0.717, 1.165) is 12.2 Å². The summed E-state index contributed by atoms with van der Waals surface area (Å²) in [4.78, 5) is 0. The van der Waals surface area contributed by atoms with E-state index in [2.05, 4.69) is 86.3 Å². The van der Waals surface area contributed by atoms with Crippen molar-refractivity contribution in [2.45, 2.75) is 26.4 Å². The fourth-order valence-corrected chi connectivity index (χ4v) is 3.25. The van der Waals surface area contributed by atoms with Gasteiger partial charge in [-0.25, -0.2) is 0 Å². The minimum atomic E-state index is -0.00416. The summed E-state index contributed by atoms with van der Waals surface area (Å²) in [5.41, 5.74) is 6.30. The second-order valence-electron chi connectivity index (χ2n) is 6.52. The summed E-state index contributed by atoms with van der Waals surface area (Å²) >= 11 is 0. The Hall–Kier alpha value is -3.06. The van der Waals surface area contributed by atoms with Crippen LogP contribution in [0.4, 0.5) is 0 Å². The van der Waals surface area contributed by atoms with E-state index >= 15 is 0 Å². The van der Waals surface area contributed by atoms with Gasteiger partial charge in [0.25, 0.3) is 0 Å². The zero-order valence-electron chi connectivity index (χ0n) is 16.1. The molecule has 0 aliphatic rings. The highest BCUT2D eigenvalue weighted by molar-refractivity contribution is 5.98. The van der Waals surface area contributed by atoms with Crippen LogP contribution in [0, 0.1) is 0 Å². The molecule has 0 spiro atoms. The van der Waals surface area contributed by atoms with Crippen molar-refractivity contribution in [1.82, 2.24) is 0 Å². The highest BCUT2D eigenvalue weighted by Crippen LogP contribution is 2.34. The molecule has 0 aliphatic carbocycles. The van der Waals surface area contributed by atoms with Gasteiger partial charge in [-0.05, 0) is 53.3 Å². The van der Waals surface area contributed by atoms with Crippen LogP contribution in [0.5, 0.6) is 5.75 Å². The normalized spacial score (nSPS) is 12.8. The zero-order chi connectivity index (χ0) is 19.1. The van der Waals surface area contributed by atoms with E-state index < -0.39 is 0 Å². The Bertz CT molecular complexity index is 890. The fourth-order valence-electron chi connectivity index (χ4n) is 3.25. The smallest absolute Gasteiger partial charge is 0.120 e. The van der Waals surface area contributed by atoms with Crippen molar-refractivity contribution in [3.8, 4) is 5.75 Å². The van der Waals surface area contributed by atoms with Crippen molar-refractivity contribution >= 4 is 11.1 Å². The van der Waals surface area contributed by atoms with E-state index in [4.69, 9.17) is 4.74 Å². The van der Waals surface area contributed by atoms with Crippen molar-refractivity contribution in [2.75, 3.05) is 0 Å². The molecule has 27 heavy (non-hydrogen) atoms. The molecule has 3 aromatic rings. The number of allylic oxidation sites excluding steroid dienone is 1. The van der Waals surface area contributed by atoms with Gasteiger partial charge in [-0.15, -0.1) is 0 Å². The summed E-state index contributed by atoms with van der Waals surface area (Å²) in [5.74, 6) is 0.858. The first-order chi connectivity index (χ1) is 13.2. The lowest BCUT2D eigenvalue weighted by Crippen LogP contribution is -2.07. The lowest BCUT2D eigenvalue weighted by atomic mass is 9.88. The number of rotatable bonds is 7. The van der Waals surface area contributed by atoms with E-state index in [1.165, 1.54) is 27.8 Å². The highest BCUT2D eigenvalue weighted by Gasteiger charge is 2.13. The average molecular weight is 354 g/mol. The first-order valence-corrected chi connectivity index (χ1v) is 9.46. The lowest BCUT2D eigenvalue weighted by molar-refractivity contribution is 0.270. The van der Waals surface area contributed by atoms with Crippen molar-refractivity contribution < 1.29 is 4.74 Å². The third-order valence-corrected chi connectivity index (χ3v) is 4.64. The highest BCUT2D eigenvalue weighted by atomic mass is 16.5. The predicted octanol–water partition coefficient (Wildman–Crippen LogP) is 7.01. The maximum atomic E-state index is 5.84. The van der Waals surface area contributed by atoms with Gasteiger partial charge in [0, 0.05) is 0 Å². The second-order valence-corrected chi connectivity index (χ2v) is 6.52. The molecule has 0 heterocycles. The van der Waals surface area contributed by atoms with Gasteiger partial charge in [-0.1, -0.05) is 92.4 Å². The molecular weight excluding hydrogens is 328 g/mol. The van der Waals surface area contributed by atoms with Gasteiger partial charge in [0.05, 0.1) is 0 Å². The maximum Gasteiger partial charge on any atom is 0.120 e. The van der Waals surface area contributed by atoms with Crippen molar-refractivity contribution in [2.24, 2.45) is 0 Å². The number of hydrogen-bond acceptors (Lipinski definition) is 1. The standard InChI is InChI=1S/C26H26O/c1-4-20(3)27-24-18-16-23(17-19-24)26(22-14-10-7-11-15-22)25(5-2)21-12-8-6-9-13-21/h4,6-20H,1,5H2,2-3H3/b26-25-. The summed E-state index contributed by atoms with van der Waals surface area (Å²) in [7, 11) is 0. The molecule has 3 rings (SSSR count). The van der Waals surface area contributed by atoms with Gasteiger partial charge in [-0.2, -0.15) is 0 Å². The minimum Gasteiger partial charge on any atom is -0.487 e. The molecule has 1 unspecified atom stereocenters. The zero-order valence-corrected chi connectivity index (χ0v) is 16.1. The third-order valence-electron chi connectivity index (χ3n) is 4.64. The van der Waals surface area contributed by atoms with Gasteiger partial charge >= 0.3 is 0 Å². The molecule has 0 fully saturated rings. The minimum absolute atomic E-state index is 0.00416. The van der Waals surface area contributed by atoms with Crippen LogP contribution in [0.1, 0.15) is 37.0 Å². The molecule has 0 N–H and O–H groups in total. The summed E-state index contributed by atoms with van der Waals surface area (Å²) in [6.07, 6.45) is 2.75. The first kappa shape index (κ1) is 18.7. The Balaban J connectivity index is 2.11. The predicted molar refractivity (Wildman–Crippen MR) is 116 cm³/mol. The van der Waals surface area contributed by atoms with E-state index in [9.17, 15) is 0 Å². The summed E-state index contributed by atoms with van der Waals surface area (Å²) in [6, 6.07) is 29.6. The molecule has 136 valence electrons. The summed E-state index contributed by atoms with van der Waals surface area (Å²) < 4.78 is 5.84. The van der Waals surface area contributed by atoms with Crippen LogP contribution in [0.15, 0.2) is 97.6 Å². The fraction of sp³-hybridized carbons (Fsp3) is 0.154. The molecule has 1 nitrogen and oxygen atoms in total. The molecule has 1 atom stereocenters. The topological polar surface area (TPSA) is 9.23 Å². The Morgan fingerprint density at radius 1 is 0.815 bits per heavy atom. The Morgan fingerprint density at radius 3 is 1.85 bits per heavy atom. The molecule has 1 heteroatoms. The van der Waals surface area contributed by atoms with Crippen LogP contribution in [0.3, 0.4) is 0 Å². The Kier molecular flexibility index (Phi) is 6.27. The number of ether oxygens (including phenoxy) is 1. The van der Waals surface area contributed by atoms with Crippen LogP contribution in [0.2, 0.25) is 0 Å². The second kappa shape index (κ2) is 9.05. The van der Waals surface area contributed by atoms with Crippen LogP contribution in [-0.4, -0.2) is 6.10 Å². The van der Waals surface area contributed by atoms with Gasteiger partial charge in [0.15, 0.2) is 0 Å². The summed E-state index contributed by atoms with van der Waals surface area (Å²) in [5, 5.41) is 0. The van der Waals surface area contributed by atoms with Gasteiger partial charge in [0.2, 0.25) is 0 Å². The van der Waals surface area contributed by atoms with E-state index in [1.54, 1.807) is 6.08 Å². The SMILES string of the molecule is C=CC(C)Oc1ccc(/C(=C(/CC)c2ccccc2)c2ccccc2)cc1. The molecule has 0 radical (unpaired) electrons. The Morgan fingerprint density at radius 2 is 1.33 bits per heavy atom. The summed E-state index contributed by atoms with van der Waals surface area (Å²) in [6.45, 7) is 7.98. The van der Waals surface area contributed by atoms with Crippen LogP contribution < -0.4 is 4.74 Å².